The van der Waals surface area contributed by atoms with E-state index in [1.807, 2.05) is 30.3 Å². The molecule has 1 aromatic rings. The van der Waals surface area contributed by atoms with Gasteiger partial charge in [0.1, 0.15) is 6.61 Å². The van der Waals surface area contributed by atoms with Crippen molar-refractivity contribution in [3.63, 3.8) is 0 Å². The van der Waals surface area contributed by atoms with Gasteiger partial charge in [-0.15, -0.1) is 0 Å². The van der Waals surface area contributed by atoms with E-state index in [0.717, 1.165) is 5.56 Å². The Labute approximate surface area is 111 Å². The predicted octanol–water partition coefficient (Wildman–Crippen LogP) is 2.12. The summed E-state index contributed by atoms with van der Waals surface area (Å²) in [6.07, 6.45) is 0.426. The highest BCUT2D eigenvalue weighted by molar-refractivity contribution is 5.74. The van der Waals surface area contributed by atoms with Gasteiger partial charge < -0.3 is 14.7 Å². The summed E-state index contributed by atoms with van der Waals surface area (Å²) in [5.74, 6) is -0.650. The number of carboxylic acid groups (broad SMARTS) is 1. The Balaban J connectivity index is 1.84. The van der Waals surface area contributed by atoms with Crippen molar-refractivity contribution in [2.24, 2.45) is 5.92 Å². The highest BCUT2D eigenvalue weighted by Gasteiger charge is 2.29. The van der Waals surface area contributed by atoms with Crippen LogP contribution in [0, 0.1) is 5.92 Å². The molecular formula is C14H17NO4. The summed E-state index contributed by atoms with van der Waals surface area (Å²) in [6, 6.07) is 9.44. The molecule has 1 unspecified atom stereocenters. The van der Waals surface area contributed by atoms with Crippen molar-refractivity contribution in [1.82, 2.24) is 4.90 Å². The van der Waals surface area contributed by atoms with E-state index >= 15 is 0 Å². The van der Waals surface area contributed by atoms with Crippen molar-refractivity contribution in [1.29, 1.82) is 0 Å². The lowest BCUT2D eigenvalue weighted by Crippen LogP contribution is -2.42. The van der Waals surface area contributed by atoms with Crippen LogP contribution in [0.2, 0.25) is 0 Å². The summed E-state index contributed by atoms with van der Waals surface area (Å²) in [6.45, 7) is 0.976. The third kappa shape index (κ3) is 3.71. The second kappa shape index (κ2) is 6.22. The average Bonchev–Trinajstić information content (AvgIpc) is 2.46. The second-order valence-electron chi connectivity index (χ2n) is 4.66. The lowest BCUT2D eigenvalue weighted by molar-refractivity contribution is -0.151. The van der Waals surface area contributed by atoms with Crippen molar-refractivity contribution in [3.05, 3.63) is 35.9 Å². The zero-order chi connectivity index (χ0) is 13.7. The predicted molar refractivity (Wildman–Crippen MR) is 68.6 cm³/mol. The number of piperidine rings is 1. The van der Waals surface area contributed by atoms with E-state index in [-0.39, 0.29) is 25.0 Å². The van der Waals surface area contributed by atoms with E-state index in [0.29, 0.717) is 19.4 Å². The fourth-order valence-corrected chi connectivity index (χ4v) is 2.19. The minimum atomic E-state index is -0.972. The van der Waals surface area contributed by atoms with Gasteiger partial charge in [0.25, 0.3) is 0 Å². The molecule has 1 amide bonds. The normalized spacial score (nSPS) is 18.9. The smallest absolute Gasteiger partial charge is 0.407 e. The molecule has 1 atom stereocenters. The van der Waals surface area contributed by atoms with E-state index in [4.69, 9.17) is 9.84 Å². The van der Waals surface area contributed by atoms with Gasteiger partial charge in [-0.25, -0.2) is 4.79 Å². The zero-order valence-corrected chi connectivity index (χ0v) is 10.6. The molecule has 1 aromatic carbocycles. The van der Waals surface area contributed by atoms with Crippen LogP contribution < -0.4 is 0 Å². The number of carbonyl (C=O) groups excluding carboxylic acids is 1. The number of hydrogen-bond donors (Lipinski definition) is 1. The average molecular weight is 263 g/mol. The molecule has 5 heteroatoms. The van der Waals surface area contributed by atoms with Crippen molar-refractivity contribution < 1.29 is 19.4 Å². The molecular weight excluding hydrogens is 246 g/mol. The van der Waals surface area contributed by atoms with E-state index < -0.39 is 6.09 Å². The van der Waals surface area contributed by atoms with E-state index in [1.165, 1.54) is 4.90 Å². The lowest BCUT2D eigenvalue weighted by Gasteiger charge is -2.29. The highest BCUT2D eigenvalue weighted by Crippen LogP contribution is 2.18. The van der Waals surface area contributed by atoms with Gasteiger partial charge in [-0.3, -0.25) is 4.79 Å². The molecule has 0 radical (unpaired) electrons. The molecule has 0 aliphatic carbocycles. The number of amides is 1. The molecule has 2 rings (SSSR count). The van der Waals surface area contributed by atoms with Crippen molar-refractivity contribution in [3.8, 4) is 0 Å². The van der Waals surface area contributed by atoms with Crippen molar-refractivity contribution >= 4 is 12.1 Å². The van der Waals surface area contributed by atoms with Crippen LogP contribution in [-0.4, -0.2) is 35.2 Å². The number of rotatable bonds is 3. The Bertz CT molecular complexity index is 446. The van der Waals surface area contributed by atoms with Gasteiger partial charge in [-0.05, 0) is 18.4 Å². The molecule has 0 saturated carbocycles. The Morgan fingerprint density at radius 2 is 2.05 bits per heavy atom. The molecule has 1 aliphatic rings. The summed E-state index contributed by atoms with van der Waals surface area (Å²) in [5, 5.41) is 8.92. The fourth-order valence-electron chi connectivity index (χ4n) is 2.19. The van der Waals surface area contributed by atoms with Crippen LogP contribution in [0.15, 0.2) is 30.3 Å². The molecule has 19 heavy (non-hydrogen) atoms. The number of nitrogens with zero attached hydrogens (tertiary/aromatic N) is 1. The Morgan fingerprint density at radius 3 is 2.74 bits per heavy atom. The minimum Gasteiger partial charge on any atom is -0.465 e. The first-order valence-electron chi connectivity index (χ1n) is 6.35. The molecule has 1 N–H and O–H groups in total. The number of likely N-dealkylation sites (tertiary alicyclic amines) is 1. The molecule has 1 aliphatic heterocycles. The van der Waals surface area contributed by atoms with Crippen LogP contribution in [0.5, 0.6) is 0 Å². The van der Waals surface area contributed by atoms with Gasteiger partial charge in [0, 0.05) is 13.1 Å². The van der Waals surface area contributed by atoms with Gasteiger partial charge in [0.2, 0.25) is 0 Å². The van der Waals surface area contributed by atoms with Gasteiger partial charge >= 0.3 is 12.1 Å². The monoisotopic (exact) mass is 263 g/mol. The molecule has 1 saturated heterocycles. The molecule has 0 aromatic heterocycles. The SMILES string of the molecule is O=C(OCc1ccccc1)C1CCCN(C(=O)O)C1. The molecule has 0 spiro atoms. The molecule has 102 valence electrons. The van der Waals surface area contributed by atoms with Crippen molar-refractivity contribution in [2.75, 3.05) is 13.1 Å². The number of hydrogen-bond acceptors (Lipinski definition) is 3. The van der Waals surface area contributed by atoms with Crippen molar-refractivity contribution in [2.45, 2.75) is 19.4 Å². The number of benzene rings is 1. The summed E-state index contributed by atoms with van der Waals surface area (Å²) in [7, 11) is 0. The summed E-state index contributed by atoms with van der Waals surface area (Å²) < 4.78 is 5.24. The minimum absolute atomic E-state index is 0.239. The molecule has 5 nitrogen and oxygen atoms in total. The first-order chi connectivity index (χ1) is 9.16. The first kappa shape index (κ1) is 13.4. The topological polar surface area (TPSA) is 66.8 Å². The van der Waals surface area contributed by atoms with Crippen LogP contribution in [0.4, 0.5) is 4.79 Å². The van der Waals surface area contributed by atoms with Crippen LogP contribution in [-0.2, 0) is 16.1 Å². The number of ether oxygens (including phenoxy) is 1. The molecule has 1 heterocycles. The third-order valence-corrected chi connectivity index (χ3v) is 3.25. The molecule has 1 fully saturated rings. The number of carbonyl (C=O) groups is 2. The van der Waals surface area contributed by atoms with E-state index in [2.05, 4.69) is 0 Å². The standard InChI is InChI=1S/C14H17NO4/c16-13(19-10-11-5-2-1-3-6-11)12-7-4-8-15(9-12)14(17)18/h1-3,5-6,12H,4,7-10H2,(H,17,18). The van der Waals surface area contributed by atoms with Gasteiger partial charge in [0.05, 0.1) is 5.92 Å². The highest BCUT2D eigenvalue weighted by atomic mass is 16.5. The number of esters is 1. The summed E-state index contributed by atoms with van der Waals surface area (Å²) in [4.78, 5) is 24.0. The Kier molecular flexibility index (Phi) is 4.39. The Hall–Kier alpha value is -2.04. The zero-order valence-electron chi connectivity index (χ0n) is 10.6. The maximum Gasteiger partial charge on any atom is 0.407 e. The summed E-state index contributed by atoms with van der Waals surface area (Å²) >= 11 is 0. The van der Waals surface area contributed by atoms with Crippen LogP contribution in [0.3, 0.4) is 0 Å². The maximum absolute atomic E-state index is 11.9. The quantitative estimate of drug-likeness (QED) is 0.848. The van der Waals surface area contributed by atoms with E-state index in [9.17, 15) is 9.59 Å². The fraction of sp³-hybridized carbons (Fsp3) is 0.429. The van der Waals surface area contributed by atoms with E-state index in [1.54, 1.807) is 0 Å². The molecule has 0 bridgehead atoms. The maximum atomic E-state index is 11.9. The second-order valence-corrected chi connectivity index (χ2v) is 4.66. The van der Waals surface area contributed by atoms with Gasteiger partial charge in [-0.2, -0.15) is 0 Å². The third-order valence-electron chi connectivity index (χ3n) is 3.25. The summed E-state index contributed by atoms with van der Waals surface area (Å²) in [5.41, 5.74) is 0.932. The van der Waals surface area contributed by atoms with Crippen LogP contribution in [0.25, 0.3) is 0 Å². The largest absolute Gasteiger partial charge is 0.465 e. The van der Waals surface area contributed by atoms with Gasteiger partial charge in [0.15, 0.2) is 0 Å². The van der Waals surface area contributed by atoms with Gasteiger partial charge in [-0.1, -0.05) is 30.3 Å². The Morgan fingerprint density at radius 1 is 1.32 bits per heavy atom. The van der Waals surface area contributed by atoms with Crippen LogP contribution >= 0.6 is 0 Å². The lowest BCUT2D eigenvalue weighted by atomic mass is 9.98. The van der Waals surface area contributed by atoms with Crippen LogP contribution in [0.1, 0.15) is 18.4 Å². The first-order valence-corrected chi connectivity index (χ1v) is 6.35.